The largest absolute Gasteiger partial charge is 0.398 e. The summed E-state index contributed by atoms with van der Waals surface area (Å²) in [6.45, 7) is 0.0236. The number of nitrogen functional groups attached to an aromatic ring is 1. The van der Waals surface area contributed by atoms with Gasteiger partial charge in [-0.2, -0.15) is 4.31 Å². The number of hydrogen-bond donors (Lipinski definition) is 1. The van der Waals surface area contributed by atoms with Crippen molar-refractivity contribution in [3.63, 3.8) is 0 Å². The summed E-state index contributed by atoms with van der Waals surface area (Å²) in [6.07, 6.45) is 0. The van der Waals surface area contributed by atoms with E-state index >= 15 is 0 Å². The normalized spacial score (nSPS) is 11.8. The molecule has 0 aliphatic carbocycles. The molecule has 0 saturated carbocycles. The molecule has 0 unspecified atom stereocenters. The van der Waals surface area contributed by atoms with E-state index < -0.39 is 20.7 Å². The molecule has 0 bridgehead atoms. The molecular formula is C14H14ClFN2O2S. The molecular weight excluding hydrogens is 315 g/mol. The molecule has 0 aliphatic rings. The molecule has 0 atom stereocenters. The first-order valence-corrected chi connectivity index (χ1v) is 7.89. The monoisotopic (exact) mass is 328 g/mol. The van der Waals surface area contributed by atoms with Gasteiger partial charge in [0.15, 0.2) is 0 Å². The molecule has 4 nitrogen and oxygen atoms in total. The molecule has 2 N–H and O–H groups in total. The van der Waals surface area contributed by atoms with Crippen LogP contribution in [0.3, 0.4) is 0 Å². The average molecular weight is 329 g/mol. The van der Waals surface area contributed by atoms with Gasteiger partial charge in [-0.15, -0.1) is 0 Å². The van der Waals surface area contributed by atoms with E-state index in [2.05, 4.69) is 0 Å². The molecule has 0 radical (unpaired) electrons. The van der Waals surface area contributed by atoms with Gasteiger partial charge < -0.3 is 5.73 Å². The zero-order valence-corrected chi connectivity index (χ0v) is 12.8. The van der Waals surface area contributed by atoms with Crippen LogP contribution in [0.2, 0.25) is 5.02 Å². The Bertz CT molecular complexity index is 745. The highest BCUT2D eigenvalue weighted by molar-refractivity contribution is 7.89. The molecule has 0 amide bonds. The predicted molar refractivity (Wildman–Crippen MR) is 80.9 cm³/mol. The van der Waals surface area contributed by atoms with Gasteiger partial charge in [0, 0.05) is 18.6 Å². The second-order valence-electron chi connectivity index (χ2n) is 4.51. The van der Waals surface area contributed by atoms with Crippen molar-refractivity contribution >= 4 is 27.3 Å². The molecule has 112 valence electrons. The highest BCUT2D eigenvalue weighted by atomic mass is 35.5. The number of benzene rings is 2. The summed E-state index contributed by atoms with van der Waals surface area (Å²) in [5, 5.41) is 0.445. The first kappa shape index (κ1) is 15.8. The van der Waals surface area contributed by atoms with Crippen molar-refractivity contribution in [1.29, 1.82) is 0 Å². The number of nitrogens with two attached hydrogens (primary N) is 1. The zero-order valence-electron chi connectivity index (χ0n) is 11.3. The Morgan fingerprint density at radius 1 is 1.19 bits per heavy atom. The fraction of sp³-hybridized carbons (Fsp3) is 0.143. The third-order valence-electron chi connectivity index (χ3n) is 3.02. The number of sulfonamides is 1. The summed E-state index contributed by atoms with van der Waals surface area (Å²) >= 11 is 6.01. The summed E-state index contributed by atoms with van der Waals surface area (Å²) in [5.41, 5.74) is 6.10. The second kappa shape index (κ2) is 6.01. The van der Waals surface area contributed by atoms with Crippen molar-refractivity contribution in [2.24, 2.45) is 0 Å². The molecule has 0 saturated heterocycles. The Labute approximate surface area is 128 Å². The predicted octanol–water partition coefficient (Wildman–Crippen LogP) is 2.88. The average Bonchev–Trinajstić information content (AvgIpc) is 2.40. The van der Waals surface area contributed by atoms with Crippen molar-refractivity contribution in [3.8, 4) is 0 Å². The molecule has 0 fully saturated rings. The molecule has 2 aromatic carbocycles. The number of anilines is 1. The van der Waals surface area contributed by atoms with Crippen LogP contribution in [0.4, 0.5) is 10.1 Å². The number of halogens is 2. The number of hydrogen-bond acceptors (Lipinski definition) is 3. The van der Waals surface area contributed by atoms with Gasteiger partial charge in [-0.05, 0) is 23.8 Å². The Morgan fingerprint density at radius 2 is 1.86 bits per heavy atom. The van der Waals surface area contributed by atoms with Crippen LogP contribution in [0.15, 0.2) is 47.4 Å². The van der Waals surface area contributed by atoms with Crippen LogP contribution in [-0.4, -0.2) is 19.8 Å². The van der Waals surface area contributed by atoms with Crippen LogP contribution in [0, 0.1) is 5.82 Å². The first-order chi connectivity index (χ1) is 9.84. The van der Waals surface area contributed by atoms with E-state index in [1.54, 1.807) is 24.3 Å². The van der Waals surface area contributed by atoms with E-state index in [-0.39, 0.29) is 12.2 Å². The van der Waals surface area contributed by atoms with Gasteiger partial charge in [0.25, 0.3) is 0 Å². The zero-order chi connectivity index (χ0) is 15.6. The van der Waals surface area contributed by atoms with Crippen LogP contribution in [0.5, 0.6) is 0 Å². The third kappa shape index (κ3) is 3.18. The van der Waals surface area contributed by atoms with Gasteiger partial charge in [-0.25, -0.2) is 12.8 Å². The van der Waals surface area contributed by atoms with Crippen molar-refractivity contribution in [2.45, 2.75) is 11.4 Å². The maximum absolute atomic E-state index is 13.8. The van der Waals surface area contributed by atoms with E-state index in [1.165, 1.54) is 19.2 Å². The van der Waals surface area contributed by atoms with Gasteiger partial charge in [0.05, 0.1) is 5.69 Å². The minimum absolute atomic E-state index is 0.0236. The van der Waals surface area contributed by atoms with Crippen LogP contribution in [-0.2, 0) is 16.6 Å². The molecule has 0 spiro atoms. The number of rotatable bonds is 4. The molecule has 21 heavy (non-hydrogen) atoms. The quantitative estimate of drug-likeness (QED) is 0.878. The SMILES string of the molecule is CN(Cc1ccccc1Cl)S(=O)(=O)c1c(N)cccc1F. The number of nitrogens with zero attached hydrogens (tertiary/aromatic N) is 1. The second-order valence-corrected chi connectivity index (χ2v) is 6.90. The molecule has 2 rings (SSSR count). The Morgan fingerprint density at radius 3 is 2.48 bits per heavy atom. The molecule has 0 aliphatic heterocycles. The van der Waals surface area contributed by atoms with E-state index in [9.17, 15) is 12.8 Å². The van der Waals surface area contributed by atoms with Crippen molar-refractivity contribution in [2.75, 3.05) is 12.8 Å². The Hall–Kier alpha value is -1.63. The van der Waals surface area contributed by atoms with Gasteiger partial charge in [-0.3, -0.25) is 0 Å². The van der Waals surface area contributed by atoms with E-state index in [0.717, 1.165) is 10.4 Å². The van der Waals surface area contributed by atoms with Crippen molar-refractivity contribution in [3.05, 3.63) is 58.9 Å². The lowest BCUT2D eigenvalue weighted by Gasteiger charge is -2.19. The van der Waals surface area contributed by atoms with E-state index in [1.807, 2.05) is 0 Å². The van der Waals surface area contributed by atoms with Gasteiger partial charge >= 0.3 is 0 Å². The van der Waals surface area contributed by atoms with E-state index in [0.29, 0.717) is 10.6 Å². The fourth-order valence-electron chi connectivity index (χ4n) is 1.90. The van der Waals surface area contributed by atoms with Crippen LogP contribution >= 0.6 is 11.6 Å². The Balaban J connectivity index is 2.38. The van der Waals surface area contributed by atoms with Crippen LogP contribution < -0.4 is 5.73 Å². The summed E-state index contributed by atoms with van der Waals surface area (Å²) < 4.78 is 39.7. The first-order valence-electron chi connectivity index (χ1n) is 6.08. The lowest BCUT2D eigenvalue weighted by atomic mass is 10.2. The molecule has 0 aromatic heterocycles. The molecule has 7 heteroatoms. The minimum atomic E-state index is -4.04. The fourth-order valence-corrected chi connectivity index (χ4v) is 3.40. The molecule has 0 heterocycles. The van der Waals surface area contributed by atoms with Gasteiger partial charge in [-0.1, -0.05) is 35.9 Å². The highest BCUT2D eigenvalue weighted by Gasteiger charge is 2.27. The summed E-state index contributed by atoms with van der Waals surface area (Å²) in [5.74, 6) is -0.874. The third-order valence-corrected chi connectivity index (χ3v) is 5.28. The Kier molecular flexibility index (Phi) is 4.51. The van der Waals surface area contributed by atoms with Gasteiger partial charge in [0.1, 0.15) is 10.7 Å². The maximum Gasteiger partial charge on any atom is 0.248 e. The topological polar surface area (TPSA) is 63.4 Å². The summed E-state index contributed by atoms with van der Waals surface area (Å²) in [6, 6.07) is 10.6. The lowest BCUT2D eigenvalue weighted by Crippen LogP contribution is -2.28. The van der Waals surface area contributed by atoms with Crippen molar-refractivity contribution < 1.29 is 12.8 Å². The summed E-state index contributed by atoms with van der Waals surface area (Å²) in [7, 11) is -2.69. The highest BCUT2D eigenvalue weighted by Crippen LogP contribution is 2.26. The standard InChI is InChI=1S/C14H14ClFN2O2S/c1-18(9-10-5-2-3-6-11(10)15)21(19,20)14-12(16)7-4-8-13(14)17/h2-8H,9,17H2,1H3. The van der Waals surface area contributed by atoms with Crippen LogP contribution in [0.1, 0.15) is 5.56 Å². The summed E-state index contributed by atoms with van der Waals surface area (Å²) in [4.78, 5) is -0.514. The van der Waals surface area contributed by atoms with Crippen molar-refractivity contribution in [1.82, 2.24) is 4.31 Å². The van der Waals surface area contributed by atoms with Gasteiger partial charge in [0.2, 0.25) is 10.0 Å². The minimum Gasteiger partial charge on any atom is -0.398 e. The smallest absolute Gasteiger partial charge is 0.248 e. The maximum atomic E-state index is 13.8. The lowest BCUT2D eigenvalue weighted by molar-refractivity contribution is 0.460. The molecule has 2 aromatic rings. The van der Waals surface area contributed by atoms with E-state index in [4.69, 9.17) is 17.3 Å². The van der Waals surface area contributed by atoms with Crippen LogP contribution in [0.25, 0.3) is 0 Å².